The Morgan fingerprint density at radius 3 is 2.67 bits per heavy atom. The maximum atomic E-state index is 12.5. The lowest BCUT2D eigenvalue weighted by Crippen LogP contribution is -2.42. The zero-order valence-corrected chi connectivity index (χ0v) is 15.0. The molecular weight excluding hydrogens is 344 g/mol. The van der Waals surface area contributed by atoms with Gasteiger partial charge in [-0.3, -0.25) is 4.79 Å². The van der Waals surface area contributed by atoms with Crippen molar-refractivity contribution in [2.24, 2.45) is 0 Å². The number of carbonyl (C=O) groups excluding carboxylic acids is 1. The summed E-state index contributed by atoms with van der Waals surface area (Å²) in [6.45, 7) is 0.854. The van der Waals surface area contributed by atoms with E-state index in [9.17, 15) is 4.79 Å². The van der Waals surface area contributed by atoms with Crippen molar-refractivity contribution in [1.29, 1.82) is 0 Å². The van der Waals surface area contributed by atoms with Crippen LogP contribution >= 0.6 is 0 Å². The molecule has 0 radical (unpaired) electrons. The maximum absolute atomic E-state index is 12.5. The van der Waals surface area contributed by atoms with Crippen molar-refractivity contribution in [1.82, 2.24) is 9.88 Å². The Labute approximate surface area is 157 Å². The molecule has 2 aromatic carbocycles. The molecule has 1 aliphatic rings. The zero-order chi connectivity index (χ0) is 18.6. The van der Waals surface area contributed by atoms with Crippen LogP contribution in [-0.4, -0.2) is 42.1 Å². The molecule has 0 fully saturated rings. The van der Waals surface area contributed by atoms with Crippen LogP contribution in [0.5, 0.6) is 11.5 Å². The molecule has 0 bridgehead atoms. The zero-order valence-electron chi connectivity index (χ0n) is 15.0. The van der Waals surface area contributed by atoms with Crippen molar-refractivity contribution < 1.29 is 18.7 Å². The third kappa shape index (κ3) is 3.95. The fraction of sp³-hybridized carbons (Fsp3) is 0.238. The SMILES string of the molecule is CN(CC1COc2ccccc2O1)C(=O)Cc1coc(-c2ccccc2)n1. The van der Waals surface area contributed by atoms with Crippen molar-refractivity contribution in [3.05, 3.63) is 66.6 Å². The monoisotopic (exact) mass is 364 g/mol. The number of oxazole rings is 1. The number of hydrogen-bond acceptors (Lipinski definition) is 5. The number of rotatable bonds is 5. The van der Waals surface area contributed by atoms with Gasteiger partial charge < -0.3 is 18.8 Å². The highest BCUT2D eigenvalue weighted by Crippen LogP contribution is 2.31. The minimum atomic E-state index is -0.203. The Kier molecular flexibility index (Phi) is 4.78. The van der Waals surface area contributed by atoms with Crippen molar-refractivity contribution in [3.8, 4) is 23.0 Å². The molecule has 0 aliphatic carbocycles. The van der Waals surface area contributed by atoms with E-state index in [0.717, 1.165) is 11.3 Å². The number of ether oxygens (including phenoxy) is 2. The number of fused-ring (bicyclic) bond motifs is 1. The number of carbonyl (C=O) groups is 1. The summed E-state index contributed by atoms with van der Waals surface area (Å²) in [4.78, 5) is 18.6. The highest BCUT2D eigenvalue weighted by molar-refractivity contribution is 5.78. The van der Waals surface area contributed by atoms with E-state index in [1.54, 1.807) is 11.9 Å². The van der Waals surface area contributed by atoms with Crippen LogP contribution in [0.4, 0.5) is 0 Å². The largest absolute Gasteiger partial charge is 0.486 e. The van der Waals surface area contributed by atoms with Gasteiger partial charge in [-0.2, -0.15) is 0 Å². The van der Waals surface area contributed by atoms with Crippen molar-refractivity contribution in [2.45, 2.75) is 12.5 Å². The average Bonchev–Trinajstić information content (AvgIpc) is 3.17. The number of likely N-dealkylation sites (N-methyl/N-ethyl adjacent to an activating group) is 1. The molecule has 4 rings (SSSR count). The standard InChI is InChI=1S/C21H20N2O4/c1-23(12-17-14-25-18-9-5-6-10-19(18)27-17)20(24)11-16-13-26-21(22-16)15-7-3-2-4-8-15/h2-10,13,17H,11-12,14H2,1H3. The minimum Gasteiger partial charge on any atom is -0.486 e. The maximum Gasteiger partial charge on any atom is 0.228 e. The Morgan fingerprint density at radius 1 is 1.11 bits per heavy atom. The van der Waals surface area contributed by atoms with Crippen LogP contribution < -0.4 is 9.47 Å². The van der Waals surface area contributed by atoms with Gasteiger partial charge in [0.1, 0.15) is 12.9 Å². The average molecular weight is 364 g/mol. The van der Waals surface area contributed by atoms with E-state index in [1.165, 1.54) is 6.26 Å². The quantitative estimate of drug-likeness (QED) is 0.696. The lowest BCUT2D eigenvalue weighted by atomic mass is 10.2. The van der Waals surface area contributed by atoms with Crippen LogP contribution in [0.15, 0.2) is 65.3 Å². The van der Waals surface area contributed by atoms with E-state index in [0.29, 0.717) is 30.5 Å². The van der Waals surface area contributed by atoms with Crippen LogP contribution in [-0.2, 0) is 11.2 Å². The van der Waals surface area contributed by atoms with E-state index in [-0.39, 0.29) is 18.4 Å². The molecule has 0 spiro atoms. The lowest BCUT2D eigenvalue weighted by molar-refractivity contribution is -0.130. The summed E-state index contributed by atoms with van der Waals surface area (Å²) in [5.74, 6) is 1.91. The van der Waals surface area contributed by atoms with Crippen molar-refractivity contribution in [2.75, 3.05) is 20.2 Å². The van der Waals surface area contributed by atoms with Gasteiger partial charge >= 0.3 is 0 Å². The van der Waals surface area contributed by atoms with E-state index in [2.05, 4.69) is 4.98 Å². The molecule has 138 valence electrons. The molecule has 0 saturated carbocycles. The highest BCUT2D eigenvalue weighted by atomic mass is 16.6. The molecule has 0 saturated heterocycles. The third-order valence-corrected chi connectivity index (χ3v) is 4.38. The van der Waals surface area contributed by atoms with Gasteiger partial charge in [-0.25, -0.2) is 4.98 Å². The van der Waals surface area contributed by atoms with Gasteiger partial charge in [0.05, 0.1) is 18.7 Å². The first-order chi connectivity index (χ1) is 13.2. The number of amides is 1. The van der Waals surface area contributed by atoms with E-state index in [1.807, 2.05) is 54.6 Å². The third-order valence-electron chi connectivity index (χ3n) is 4.38. The number of aromatic nitrogens is 1. The number of nitrogens with zero attached hydrogens (tertiary/aromatic N) is 2. The highest BCUT2D eigenvalue weighted by Gasteiger charge is 2.24. The predicted octanol–water partition coefficient (Wildman–Crippen LogP) is 3.18. The second-order valence-electron chi connectivity index (χ2n) is 6.46. The molecule has 1 unspecified atom stereocenters. The normalized spacial score (nSPS) is 15.4. The molecule has 6 nitrogen and oxygen atoms in total. The van der Waals surface area contributed by atoms with Crippen molar-refractivity contribution in [3.63, 3.8) is 0 Å². The van der Waals surface area contributed by atoms with Crippen LogP contribution in [0.1, 0.15) is 5.69 Å². The summed E-state index contributed by atoms with van der Waals surface area (Å²) < 4.78 is 17.1. The first-order valence-electron chi connectivity index (χ1n) is 8.81. The van der Waals surface area contributed by atoms with Crippen molar-refractivity contribution >= 4 is 5.91 Å². The Morgan fingerprint density at radius 2 is 1.85 bits per heavy atom. The van der Waals surface area contributed by atoms with E-state index >= 15 is 0 Å². The summed E-state index contributed by atoms with van der Waals surface area (Å²) in [5, 5.41) is 0. The van der Waals surface area contributed by atoms with Gasteiger partial charge in [0.2, 0.25) is 11.8 Å². The fourth-order valence-corrected chi connectivity index (χ4v) is 2.95. The van der Waals surface area contributed by atoms with Crippen LogP contribution in [0.3, 0.4) is 0 Å². The predicted molar refractivity (Wildman–Crippen MR) is 99.6 cm³/mol. The summed E-state index contributed by atoms with van der Waals surface area (Å²) in [5.41, 5.74) is 1.49. The van der Waals surface area contributed by atoms with E-state index < -0.39 is 0 Å². The van der Waals surface area contributed by atoms with Gasteiger partial charge in [-0.05, 0) is 24.3 Å². The first-order valence-corrected chi connectivity index (χ1v) is 8.81. The molecular formula is C21H20N2O4. The second kappa shape index (κ2) is 7.53. The Hall–Kier alpha value is -3.28. The molecule has 3 aromatic rings. The molecule has 0 N–H and O–H groups in total. The van der Waals surface area contributed by atoms with Gasteiger partial charge in [0, 0.05) is 12.6 Å². The minimum absolute atomic E-state index is 0.0506. The second-order valence-corrected chi connectivity index (χ2v) is 6.46. The summed E-state index contributed by atoms with van der Waals surface area (Å²) in [6, 6.07) is 17.1. The van der Waals surface area contributed by atoms with Crippen LogP contribution in [0.25, 0.3) is 11.5 Å². The number of hydrogen-bond donors (Lipinski definition) is 0. The molecule has 27 heavy (non-hydrogen) atoms. The van der Waals surface area contributed by atoms with Gasteiger partial charge in [0.25, 0.3) is 0 Å². The molecule has 1 amide bonds. The van der Waals surface area contributed by atoms with Crippen LogP contribution in [0.2, 0.25) is 0 Å². The Bertz CT molecular complexity index is 923. The van der Waals surface area contributed by atoms with Crippen LogP contribution in [0, 0.1) is 0 Å². The topological polar surface area (TPSA) is 64.8 Å². The number of benzene rings is 2. The molecule has 2 heterocycles. The smallest absolute Gasteiger partial charge is 0.228 e. The summed E-state index contributed by atoms with van der Waals surface area (Å²) >= 11 is 0. The van der Waals surface area contributed by atoms with Gasteiger partial charge in [0.15, 0.2) is 17.6 Å². The Balaban J connectivity index is 1.34. The summed E-state index contributed by atoms with van der Waals surface area (Å²) in [6.07, 6.45) is 1.51. The molecule has 1 atom stereocenters. The summed E-state index contributed by atoms with van der Waals surface area (Å²) in [7, 11) is 1.75. The number of para-hydroxylation sites is 2. The first kappa shape index (κ1) is 17.1. The van der Waals surface area contributed by atoms with E-state index in [4.69, 9.17) is 13.9 Å². The fourth-order valence-electron chi connectivity index (χ4n) is 2.95. The molecule has 6 heteroatoms. The van der Waals surface area contributed by atoms with Gasteiger partial charge in [-0.15, -0.1) is 0 Å². The lowest BCUT2D eigenvalue weighted by Gasteiger charge is -2.29. The van der Waals surface area contributed by atoms with Gasteiger partial charge in [-0.1, -0.05) is 30.3 Å². The molecule has 1 aliphatic heterocycles. The molecule has 1 aromatic heterocycles.